The average molecular weight is 259 g/mol. The quantitative estimate of drug-likeness (QED) is 0.794. The van der Waals surface area contributed by atoms with Crippen molar-refractivity contribution in [1.82, 2.24) is 5.32 Å². The summed E-state index contributed by atoms with van der Waals surface area (Å²) in [4.78, 5) is 0. The zero-order chi connectivity index (χ0) is 13.9. The van der Waals surface area contributed by atoms with Crippen molar-refractivity contribution in [3.63, 3.8) is 0 Å². The Balaban J connectivity index is 2.04. The molecule has 0 spiro atoms. The molecule has 1 saturated carbocycles. The molecule has 0 atom stereocenters. The third-order valence-corrected chi connectivity index (χ3v) is 4.52. The fraction of sp³-hybridized carbons (Fsp3) is 0.667. The van der Waals surface area contributed by atoms with Crippen LogP contribution < -0.4 is 5.32 Å². The Hall–Kier alpha value is -0.820. The van der Waals surface area contributed by atoms with Crippen LogP contribution in [0.15, 0.2) is 24.3 Å². The van der Waals surface area contributed by atoms with Gasteiger partial charge < -0.3 is 5.32 Å². The first-order valence-corrected chi connectivity index (χ1v) is 7.85. The molecule has 1 aliphatic carbocycles. The summed E-state index contributed by atoms with van der Waals surface area (Å²) in [6.07, 6.45) is 4.08. The largest absolute Gasteiger partial charge is 0.316 e. The lowest BCUT2D eigenvalue weighted by atomic mass is 9.64. The van der Waals surface area contributed by atoms with E-state index >= 15 is 0 Å². The van der Waals surface area contributed by atoms with Gasteiger partial charge >= 0.3 is 0 Å². The molecule has 1 N–H and O–H groups in total. The minimum absolute atomic E-state index is 0.421. The van der Waals surface area contributed by atoms with Crippen LogP contribution in [0.1, 0.15) is 64.0 Å². The van der Waals surface area contributed by atoms with Gasteiger partial charge in [0, 0.05) is 12.0 Å². The predicted molar refractivity (Wildman–Crippen MR) is 83.8 cm³/mol. The molecule has 0 aromatic heterocycles. The SMILES string of the molecule is CC(C)CNCC1(c2ccc(C(C)C)cc2)CCC1. The van der Waals surface area contributed by atoms with Gasteiger partial charge in [-0.2, -0.15) is 0 Å². The third-order valence-electron chi connectivity index (χ3n) is 4.52. The second kappa shape index (κ2) is 6.09. The van der Waals surface area contributed by atoms with Gasteiger partial charge in [-0.1, -0.05) is 58.4 Å². The summed E-state index contributed by atoms with van der Waals surface area (Å²) in [7, 11) is 0. The molecule has 1 aromatic carbocycles. The minimum Gasteiger partial charge on any atom is -0.316 e. The van der Waals surface area contributed by atoms with Gasteiger partial charge in [-0.25, -0.2) is 0 Å². The van der Waals surface area contributed by atoms with Crippen molar-refractivity contribution in [2.75, 3.05) is 13.1 Å². The second-order valence-electron chi connectivity index (χ2n) is 6.94. The van der Waals surface area contributed by atoms with Crippen molar-refractivity contribution < 1.29 is 0 Å². The van der Waals surface area contributed by atoms with Crippen LogP contribution >= 0.6 is 0 Å². The normalized spacial score (nSPS) is 17.8. The fourth-order valence-electron chi connectivity index (χ4n) is 2.99. The number of hydrogen-bond donors (Lipinski definition) is 1. The zero-order valence-electron chi connectivity index (χ0n) is 13.0. The maximum Gasteiger partial charge on any atom is 0.00778 e. The summed E-state index contributed by atoms with van der Waals surface area (Å²) in [6.45, 7) is 11.4. The van der Waals surface area contributed by atoms with E-state index < -0.39 is 0 Å². The summed E-state index contributed by atoms with van der Waals surface area (Å²) in [6, 6.07) is 9.38. The number of benzene rings is 1. The molecule has 1 heteroatoms. The predicted octanol–water partition coefficient (Wildman–Crippen LogP) is 4.48. The zero-order valence-corrected chi connectivity index (χ0v) is 13.0. The van der Waals surface area contributed by atoms with Gasteiger partial charge in [-0.3, -0.25) is 0 Å². The molecular weight excluding hydrogens is 230 g/mol. The molecule has 1 fully saturated rings. The van der Waals surface area contributed by atoms with Crippen LogP contribution in [0.5, 0.6) is 0 Å². The molecule has 2 rings (SSSR count). The second-order valence-corrected chi connectivity index (χ2v) is 6.94. The van der Waals surface area contributed by atoms with Crippen molar-refractivity contribution in [1.29, 1.82) is 0 Å². The highest BCUT2D eigenvalue weighted by molar-refractivity contribution is 5.32. The van der Waals surface area contributed by atoms with Gasteiger partial charge in [0.1, 0.15) is 0 Å². The van der Waals surface area contributed by atoms with Crippen molar-refractivity contribution in [3.05, 3.63) is 35.4 Å². The highest BCUT2D eigenvalue weighted by atomic mass is 14.9. The molecule has 0 bridgehead atoms. The van der Waals surface area contributed by atoms with Gasteiger partial charge in [0.15, 0.2) is 0 Å². The summed E-state index contributed by atoms with van der Waals surface area (Å²) in [5.41, 5.74) is 3.41. The molecule has 1 nitrogen and oxygen atoms in total. The third kappa shape index (κ3) is 3.39. The van der Waals surface area contributed by atoms with E-state index in [0.717, 1.165) is 19.0 Å². The van der Waals surface area contributed by atoms with Crippen molar-refractivity contribution in [2.24, 2.45) is 5.92 Å². The maximum atomic E-state index is 3.66. The Morgan fingerprint density at radius 3 is 2.11 bits per heavy atom. The van der Waals surface area contributed by atoms with E-state index in [1.807, 2.05) is 0 Å². The van der Waals surface area contributed by atoms with E-state index in [0.29, 0.717) is 11.3 Å². The first-order chi connectivity index (χ1) is 9.03. The van der Waals surface area contributed by atoms with Gasteiger partial charge in [0.25, 0.3) is 0 Å². The Morgan fingerprint density at radius 2 is 1.68 bits per heavy atom. The topological polar surface area (TPSA) is 12.0 Å². The van der Waals surface area contributed by atoms with Crippen LogP contribution in [0.25, 0.3) is 0 Å². The Bertz CT molecular complexity index is 385. The molecule has 0 heterocycles. The molecule has 106 valence electrons. The fourth-order valence-corrected chi connectivity index (χ4v) is 2.99. The Labute approximate surface area is 118 Å². The van der Waals surface area contributed by atoms with E-state index in [9.17, 15) is 0 Å². The number of hydrogen-bond acceptors (Lipinski definition) is 1. The average Bonchev–Trinajstić information content (AvgIpc) is 2.32. The Kier molecular flexibility index (Phi) is 4.67. The summed E-state index contributed by atoms with van der Waals surface area (Å²) < 4.78 is 0. The molecule has 0 amide bonds. The lowest BCUT2D eigenvalue weighted by molar-refractivity contribution is 0.231. The molecule has 1 aliphatic rings. The first-order valence-electron chi connectivity index (χ1n) is 7.85. The molecule has 0 saturated heterocycles. The van der Waals surface area contributed by atoms with E-state index in [2.05, 4.69) is 57.3 Å². The van der Waals surface area contributed by atoms with Crippen LogP contribution in [0.3, 0.4) is 0 Å². The highest BCUT2D eigenvalue weighted by Gasteiger charge is 2.38. The number of rotatable bonds is 6. The number of nitrogens with one attached hydrogen (secondary N) is 1. The van der Waals surface area contributed by atoms with E-state index in [-0.39, 0.29) is 0 Å². The standard InChI is InChI=1S/C18H29N/c1-14(2)12-19-13-18(10-5-11-18)17-8-6-16(7-9-17)15(3)4/h6-9,14-15,19H,5,10-13H2,1-4H3. The summed E-state index contributed by atoms with van der Waals surface area (Å²) in [5.74, 6) is 1.37. The summed E-state index contributed by atoms with van der Waals surface area (Å²) in [5, 5.41) is 3.66. The summed E-state index contributed by atoms with van der Waals surface area (Å²) >= 11 is 0. The van der Waals surface area contributed by atoms with Gasteiger partial charge in [-0.05, 0) is 42.3 Å². The van der Waals surface area contributed by atoms with Gasteiger partial charge in [-0.15, -0.1) is 0 Å². The smallest absolute Gasteiger partial charge is 0.00778 e. The molecule has 1 aromatic rings. The van der Waals surface area contributed by atoms with Crippen molar-refractivity contribution in [3.8, 4) is 0 Å². The molecular formula is C18H29N. The first kappa shape index (κ1) is 14.6. The minimum atomic E-state index is 0.421. The maximum absolute atomic E-state index is 3.66. The van der Waals surface area contributed by atoms with Gasteiger partial charge in [0.2, 0.25) is 0 Å². The van der Waals surface area contributed by atoms with Crippen LogP contribution in [0, 0.1) is 5.92 Å². The van der Waals surface area contributed by atoms with Crippen LogP contribution in [0.4, 0.5) is 0 Å². The monoisotopic (exact) mass is 259 g/mol. The molecule has 0 aliphatic heterocycles. The lowest BCUT2D eigenvalue weighted by Gasteiger charge is -2.43. The van der Waals surface area contributed by atoms with Crippen LogP contribution in [0.2, 0.25) is 0 Å². The van der Waals surface area contributed by atoms with E-state index in [1.54, 1.807) is 5.56 Å². The Morgan fingerprint density at radius 1 is 1.05 bits per heavy atom. The lowest BCUT2D eigenvalue weighted by Crippen LogP contribution is -2.44. The van der Waals surface area contributed by atoms with E-state index in [1.165, 1.54) is 24.8 Å². The molecule has 19 heavy (non-hydrogen) atoms. The highest BCUT2D eigenvalue weighted by Crippen LogP contribution is 2.43. The molecule has 0 unspecified atom stereocenters. The molecule has 0 radical (unpaired) electrons. The van der Waals surface area contributed by atoms with Crippen molar-refractivity contribution in [2.45, 2.75) is 58.3 Å². The van der Waals surface area contributed by atoms with Crippen LogP contribution in [-0.2, 0) is 5.41 Å². The van der Waals surface area contributed by atoms with E-state index in [4.69, 9.17) is 0 Å². The van der Waals surface area contributed by atoms with Crippen LogP contribution in [-0.4, -0.2) is 13.1 Å². The van der Waals surface area contributed by atoms with Crippen molar-refractivity contribution >= 4 is 0 Å². The van der Waals surface area contributed by atoms with Gasteiger partial charge in [0.05, 0.1) is 0 Å².